The fraction of sp³-hybridized carbons (Fsp3) is 0.462. The van der Waals surface area contributed by atoms with Crippen LogP contribution in [0.2, 0.25) is 0 Å². The number of nitriles is 1. The molecule has 1 rings (SSSR count). The number of hydrogen-bond acceptors (Lipinski definition) is 5. The molecule has 0 saturated carbocycles. The molecule has 0 aliphatic carbocycles. The first-order valence-electron chi connectivity index (χ1n) is 5.90. The van der Waals surface area contributed by atoms with E-state index in [9.17, 15) is 9.90 Å². The number of hydrogen-bond donors (Lipinski definition) is 1. The van der Waals surface area contributed by atoms with Crippen LogP contribution in [0.25, 0.3) is 0 Å². The van der Waals surface area contributed by atoms with Gasteiger partial charge in [0.25, 0.3) is 0 Å². The van der Waals surface area contributed by atoms with Crippen LogP contribution >= 0.6 is 0 Å². The quantitative estimate of drug-likeness (QED) is 0.749. The molecule has 1 heterocycles. The van der Waals surface area contributed by atoms with Crippen LogP contribution in [0, 0.1) is 11.3 Å². The Morgan fingerprint density at radius 2 is 2.47 bits per heavy atom. The molecule has 0 amide bonds. The van der Waals surface area contributed by atoms with E-state index in [-0.39, 0.29) is 13.0 Å². The summed E-state index contributed by atoms with van der Waals surface area (Å²) < 4.78 is 4.94. The molecule has 0 aliphatic rings. The molecular weight excluding hydrogens is 246 g/mol. The third-order valence-electron chi connectivity index (χ3n) is 2.67. The average Bonchev–Trinajstić information content (AvgIpc) is 2.42. The van der Waals surface area contributed by atoms with Crippen molar-refractivity contribution in [1.82, 2.24) is 9.88 Å². The highest BCUT2D eigenvalue weighted by Gasteiger charge is 2.25. The van der Waals surface area contributed by atoms with Crippen molar-refractivity contribution in [2.24, 2.45) is 0 Å². The predicted octanol–water partition coefficient (Wildman–Crippen LogP) is 0.897. The van der Waals surface area contributed by atoms with Gasteiger partial charge in [-0.1, -0.05) is 6.07 Å². The van der Waals surface area contributed by atoms with Gasteiger partial charge in [0, 0.05) is 39.0 Å². The summed E-state index contributed by atoms with van der Waals surface area (Å²) in [4.78, 5) is 17.0. The highest BCUT2D eigenvalue weighted by atomic mass is 16.5. The van der Waals surface area contributed by atoms with Gasteiger partial charge in [-0.2, -0.15) is 5.26 Å². The summed E-state index contributed by atoms with van der Waals surface area (Å²) in [6.07, 6.45) is 3.62. The first kappa shape index (κ1) is 15.1. The van der Waals surface area contributed by atoms with Crippen molar-refractivity contribution in [2.45, 2.75) is 19.0 Å². The van der Waals surface area contributed by atoms with Crippen molar-refractivity contribution < 1.29 is 14.6 Å². The Morgan fingerprint density at radius 3 is 3.00 bits per heavy atom. The summed E-state index contributed by atoms with van der Waals surface area (Å²) in [5, 5.41) is 17.9. The molecule has 0 fully saturated rings. The van der Waals surface area contributed by atoms with Crippen LogP contribution in [0.15, 0.2) is 24.5 Å². The number of carboxylic acids is 1. The monoisotopic (exact) mass is 263 g/mol. The second-order valence-corrected chi connectivity index (χ2v) is 4.05. The summed E-state index contributed by atoms with van der Waals surface area (Å²) in [5.74, 6) is -0.955. The number of carbonyl (C=O) groups is 1. The minimum Gasteiger partial charge on any atom is -0.480 e. The van der Waals surface area contributed by atoms with Crippen molar-refractivity contribution >= 4 is 5.97 Å². The number of nitrogens with zero attached hydrogens (tertiary/aromatic N) is 3. The fourth-order valence-corrected chi connectivity index (χ4v) is 1.76. The van der Waals surface area contributed by atoms with Gasteiger partial charge in [-0.15, -0.1) is 0 Å². The summed E-state index contributed by atoms with van der Waals surface area (Å²) in [6.45, 7) is 0.891. The molecule has 0 bridgehead atoms. The van der Waals surface area contributed by atoms with E-state index in [1.54, 1.807) is 23.4 Å². The van der Waals surface area contributed by atoms with Crippen LogP contribution < -0.4 is 0 Å². The number of methoxy groups -OCH3 is 1. The van der Waals surface area contributed by atoms with Crippen LogP contribution in [0.5, 0.6) is 0 Å². The van der Waals surface area contributed by atoms with Gasteiger partial charge in [-0.3, -0.25) is 14.7 Å². The van der Waals surface area contributed by atoms with Gasteiger partial charge < -0.3 is 9.84 Å². The molecule has 6 heteroatoms. The van der Waals surface area contributed by atoms with Crippen molar-refractivity contribution in [3.63, 3.8) is 0 Å². The second-order valence-electron chi connectivity index (χ2n) is 4.05. The lowest BCUT2D eigenvalue weighted by atomic mass is 10.2. The third-order valence-corrected chi connectivity index (χ3v) is 2.67. The second kappa shape index (κ2) is 8.19. The van der Waals surface area contributed by atoms with Crippen molar-refractivity contribution in [2.75, 3.05) is 20.3 Å². The Morgan fingerprint density at radius 1 is 1.68 bits per heavy atom. The van der Waals surface area contributed by atoms with Gasteiger partial charge in [-0.05, 0) is 11.6 Å². The van der Waals surface area contributed by atoms with Crippen LogP contribution in [0.4, 0.5) is 0 Å². The highest BCUT2D eigenvalue weighted by molar-refractivity contribution is 5.73. The minimum atomic E-state index is -0.955. The standard InChI is InChI=1S/C13H17N3O3/c1-19-10-12(13(17)18)16(7-3-5-14)9-11-4-2-6-15-8-11/h2,4,6,8,12H,3,7,9-10H2,1H3,(H,17,18). The first-order valence-corrected chi connectivity index (χ1v) is 5.90. The number of ether oxygens (including phenoxy) is 1. The van der Waals surface area contributed by atoms with Gasteiger partial charge in [0.1, 0.15) is 6.04 Å². The van der Waals surface area contributed by atoms with Gasteiger partial charge in [0.15, 0.2) is 0 Å². The topological polar surface area (TPSA) is 86.5 Å². The van der Waals surface area contributed by atoms with E-state index >= 15 is 0 Å². The van der Waals surface area contributed by atoms with E-state index < -0.39 is 12.0 Å². The summed E-state index contributed by atoms with van der Waals surface area (Å²) >= 11 is 0. The number of aromatic nitrogens is 1. The maximum absolute atomic E-state index is 11.3. The van der Waals surface area contributed by atoms with Gasteiger partial charge in [-0.25, -0.2) is 0 Å². The lowest BCUT2D eigenvalue weighted by molar-refractivity contribution is -0.145. The molecule has 0 radical (unpaired) electrons. The maximum atomic E-state index is 11.3. The fourth-order valence-electron chi connectivity index (χ4n) is 1.76. The molecule has 1 unspecified atom stereocenters. The van der Waals surface area contributed by atoms with Crippen molar-refractivity contribution in [3.05, 3.63) is 30.1 Å². The Labute approximate surface area is 112 Å². The Bertz CT molecular complexity index is 431. The van der Waals surface area contributed by atoms with E-state index in [1.807, 2.05) is 12.1 Å². The van der Waals surface area contributed by atoms with Crippen LogP contribution in [-0.4, -0.2) is 47.3 Å². The highest BCUT2D eigenvalue weighted by Crippen LogP contribution is 2.09. The van der Waals surface area contributed by atoms with E-state index in [0.29, 0.717) is 13.1 Å². The smallest absolute Gasteiger partial charge is 0.323 e. The Kier molecular flexibility index (Phi) is 6.50. The Balaban J connectivity index is 2.80. The van der Waals surface area contributed by atoms with Crippen LogP contribution in [0.1, 0.15) is 12.0 Å². The first-order chi connectivity index (χ1) is 9.19. The molecule has 1 aromatic rings. The number of pyridine rings is 1. The number of aliphatic carboxylic acids is 1. The van der Waals surface area contributed by atoms with E-state index in [4.69, 9.17) is 10.00 Å². The summed E-state index contributed by atoms with van der Waals surface area (Å²) in [5.41, 5.74) is 0.905. The molecule has 0 aromatic carbocycles. The van der Waals surface area contributed by atoms with E-state index in [1.165, 1.54) is 7.11 Å². The molecular formula is C13H17N3O3. The lowest BCUT2D eigenvalue weighted by Crippen LogP contribution is -2.44. The maximum Gasteiger partial charge on any atom is 0.323 e. The van der Waals surface area contributed by atoms with Crippen LogP contribution in [0.3, 0.4) is 0 Å². The molecule has 0 aliphatic heterocycles. The molecule has 0 saturated heterocycles. The van der Waals surface area contributed by atoms with Gasteiger partial charge >= 0.3 is 5.97 Å². The zero-order valence-electron chi connectivity index (χ0n) is 10.8. The Hall–Kier alpha value is -1.97. The van der Waals surface area contributed by atoms with Crippen molar-refractivity contribution in [3.8, 4) is 6.07 Å². The average molecular weight is 263 g/mol. The largest absolute Gasteiger partial charge is 0.480 e. The van der Waals surface area contributed by atoms with Gasteiger partial charge in [0.2, 0.25) is 0 Å². The minimum absolute atomic E-state index is 0.0843. The summed E-state index contributed by atoms with van der Waals surface area (Å²) in [6, 6.07) is 4.93. The molecule has 1 N–H and O–H groups in total. The zero-order valence-corrected chi connectivity index (χ0v) is 10.8. The van der Waals surface area contributed by atoms with E-state index in [2.05, 4.69) is 4.98 Å². The van der Waals surface area contributed by atoms with Crippen LogP contribution in [-0.2, 0) is 16.1 Å². The molecule has 0 spiro atoms. The SMILES string of the molecule is COCC(C(=O)O)N(CCC#N)Cc1cccnc1. The summed E-state index contributed by atoms with van der Waals surface area (Å²) in [7, 11) is 1.46. The van der Waals surface area contributed by atoms with E-state index in [0.717, 1.165) is 5.56 Å². The lowest BCUT2D eigenvalue weighted by Gasteiger charge is -2.27. The molecule has 19 heavy (non-hydrogen) atoms. The molecule has 1 aromatic heterocycles. The molecule has 102 valence electrons. The van der Waals surface area contributed by atoms with Crippen molar-refractivity contribution in [1.29, 1.82) is 5.26 Å². The third kappa shape index (κ3) is 5.04. The number of rotatable bonds is 8. The molecule has 1 atom stereocenters. The predicted molar refractivity (Wildman–Crippen MR) is 68.2 cm³/mol. The zero-order chi connectivity index (χ0) is 14.1. The normalized spacial score (nSPS) is 12.1. The number of carboxylic acid groups (broad SMARTS) is 1. The molecule has 6 nitrogen and oxygen atoms in total. The van der Waals surface area contributed by atoms with Gasteiger partial charge in [0.05, 0.1) is 12.7 Å².